The maximum Gasteiger partial charge on any atom is 0.410 e. The number of carbonyl (C=O) groups is 4. The number of imide groups is 1. The molecule has 0 aromatic carbocycles. The largest absolute Gasteiger partial charge is 0.449 e. The average Bonchev–Trinajstić information content (AvgIpc) is 2.96. The van der Waals surface area contributed by atoms with Crippen LogP contribution in [0.3, 0.4) is 0 Å². The number of nitrogens with two attached hydrogens (primary N) is 1. The van der Waals surface area contributed by atoms with Gasteiger partial charge in [0.15, 0.2) is 0 Å². The van der Waals surface area contributed by atoms with Gasteiger partial charge in [0.25, 0.3) is 5.91 Å². The van der Waals surface area contributed by atoms with E-state index in [0.29, 0.717) is 6.42 Å². The minimum atomic E-state index is -1.26. The summed E-state index contributed by atoms with van der Waals surface area (Å²) in [4.78, 5) is 49.9. The first kappa shape index (κ1) is 16.1. The standard InChI is InChI=1S/C13H20N4O5/c1-3-4-5-22-12(21)17-7-13(6-8(17)9(14)18)10(19)15-11(20)16(13)2/h8H,3-7H2,1-2H3,(H2,14,18)(H,15,19,20)/t8-,13-/m0/s1. The van der Waals surface area contributed by atoms with Gasteiger partial charge in [-0.15, -0.1) is 0 Å². The lowest BCUT2D eigenvalue weighted by atomic mass is 9.94. The van der Waals surface area contributed by atoms with Crippen molar-refractivity contribution in [2.24, 2.45) is 5.73 Å². The van der Waals surface area contributed by atoms with Crippen LogP contribution in [0, 0.1) is 0 Å². The predicted molar refractivity (Wildman–Crippen MR) is 74.6 cm³/mol. The number of unbranched alkanes of at least 4 members (excludes halogenated alkanes) is 1. The topological polar surface area (TPSA) is 122 Å². The van der Waals surface area contributed by atoms with E-state index in [4.69, 9.17) is 10.5 Å². The summed E-state index contributed by atoms with van der Waals surface area (Å²) in [6.07, 6.45) is 0.829. The first-order valence-electron chi connectivity index (χ1n) is 7.15. The quantitative estimate of drug-likeness (QED) is 0.530. The van der Waals surface area contributed by atoms with E-state index in [1.54, 1.807) is 0 Å². The van der Waals surface area contributed by atoms with Gasteiger partial charge in [-0.1, -0.05) is 13.3 Å². The van der Waals surface area contributed by atoms with Gasteiger partial charge in [-0.2, -0.15) is 0 Å². The third kappa shape index (κ3) is 2.46. The third-order valence-electron chi connectivity index (χ3n) is 4.22. The molecule has 9 nitrogen and oxygen atoms in total. The van der Waals surface area contributed by atoms with Gasteiger partial charge < -0.3 is 15.4 Å². The fourth-order valence-electron chi connectivity index (χ4n) is 2.77. The normalized spacial score (nSPS) is 27.5. The minimum Gasteiger partial charge on any atom is -0.449 e. The van der Waals surface area contributed by atoms with Gasteiger partial charge in [0.05, 0.1) is 13.2 Å². The number of ether oxygens (including phenoxy) is 1. The van der Waals surface area contributed by atoms with Crippen LogP contribution in [0.1, 0.15) is 26.2 Å². The number of carbonyl (C=O) groups excluding carboxylic acids is 4. The van der Waals surface area contributed by atoms with Crippen LogP contribution >= 0.6 is 0 Å². The summed E-state index contributed by atoms with van der Waals surface area (Å²) >= 11 is 0. The molecule has 2 aliphatic rings. The van der Waals surface area contributed by atoms with Crippen LogP contribution in [-0.2, 0) is 14.3 Å². The number of amides is 5. The molecule has 2 fully saturated rings. The zero-order chi connectivity index (χ0) is 16.5. The summed E-state index contributed by atoms with van der Waals surface area (Å²) in [7, 11) is 1.45. The fourth-order valence-corrected chi connectivity index (χ4v) is 2.77. The molecule has 5 amide bonds. The van der Waals surface area contributed by atoms with E-state index in [9.17, 15) is 19.2 Å². The summed E-state index contributed by atoms with van der Waals surface area (Å²) < 4.78 is 5.09. The lowest BCUT2D eigenvalue weighted by molar-refractivity contribution is -0.125. The molecule has 0 radical (unpaired) electrons. The third-order valence-corrected chi connectivity index (χ3v) is 4.22. The zero-order valence-electron chi connectivity index (χ0n) is 12.6. The second-order valence-corrected chi connectivity index (χ2v) is 5.57. The van der Waals surface area contributed by atoms with Gasteiger partial charge in [0.1, 0.15) is 11.6 Å². The molecule has 9 heteroatoms. The Labute approximate surface area is 127 Å². The molecule has 2 heterocycles. The van der Waals surface area contributed by atoms with Crippen molar-refractivity contribution >= 4 is 23.9 Å². The molecule has 2 aliphatic heterocycles. The molecule has 0 aliphatic carbocycles. The number of hydrogen-bond acceptors (Lipinski definition) is 5. The second kappa shape index (κ2) is 5.82. The van der Waals surface area contributed by atoms with Crippen molar-refractivity contribution in [1.82, 2.24) is 15.1 Å². The molecule has 2 atom stereocenters. The molecule has 2 saturated heterocycles. The highest BCUT2D eigenvalue weighted by molar-refractivity contribution is 6.08. The number of nitrogens with zero attached hydrogens (tertiary/aromatic N) is 2. The van der Waals surface area contributed by atoms with Gasteiger partial charge in [0, 0.05) is 13.5 Å². The molecule has 0 unspecified atom stereocenters. The molecular weight excluding hydrogens is 292 g/mol. The van der Waals surface area contributed by atoms with E-state index in [1.807, 2.05) is 6.92 Å². The SMILES string of the molecule is CCCCOC(=O)N1C[C@@]2(C[C@H]1C(N)=O)C(=O)NC(=O)N2C. The van der Waals surface area contributed by atoms with E-state index in [-0.39, 0.29) is 19.6 Å². The maximum absolute atomic E-state index is 12.1. The number of urea groups is 1. The smallest absolute Gasteiger partial charge is 0.410 e. The maximum atomic E-state index is 12.1. The summed E-state index contributed by atoms with van der Waals surface area (Å²) in [5, 5.41) is 2.19. The first-order chi connectivity index (χ1) is 10.3. The van der Waals surface area contributed by atoms with Crippen LogP contribution in [0.25, 0.3) is 0 Å². The van der Waals surface area contributed by atoms with Crippen molar-refractivity contribution < 1.29 is 23.9 Å². The van der Waals surface area contributed by atoms with E-state index in [1.165, 1.54) is 11.9 Å². The zero-order valence-corrected chi connectivity index (χ0v) is 12.6. The number of rotatable bonds is 4. The van der Waals surface area contributed by atoms with Gasteiger partial charge in [0.2, 0.25) is 5.91 Å². The van der Waals surface area contributed by atoms with Gasteiger partial charge in [-0.05, 0) is 6.42 Å². The fraction of sp³-hybridized carbons (Fsp3) is 0.692. The average molecular weight is 312 g/mol. The monoisotopic (exact) mass is 312 g/mol. The number of hydrogen-bond donors (Lipinski definition) is 2. The van der Waals surface area contributed by atoms with Crippen molar-refractivity contribution in [2.45, 2.75) is 37.8 Å². The molecule has 0 aromatic rings. The van der Waals surface area contributed by atoms with Crippen LogP contribution in [0.5, 0.6) is 0 Å². The van der Waals surface area contributed by atoms with Gasteiger partial charge in [-0.25, -0.2) is 9.59 Å². The molecule has 2 rings (SSSR count). The first-order valence-corrected chi connectivity index (χ1v) is 7.15. The van der Waals surface area contributed by atoms with Gasteiger partial charge >= 0.3 is 12.1 Å². The van der Waals surface area contributed by atoms with Gasteiger partial charge in [-0.3, -0.25) is 19.8 Å². The van der Waals surface area contributed by atoms with E-state index >= 15 is 0 Å². The number of primary amides is 1. The van der Waals surface area contributed by atoms with Crippen LogP contribution in [0.4, 0.5) is 9.59 Å². The van der Waals surface area contributed by atoms with Crippen LogP contribution in [0.2, 0.25) is 0 Å². The number of likely N-dealkylation sites (tertiary alicyclic amines) is 1. The van der Waals surface area contributed by atoms with Crippen LogP contribution < -0.4 is 11.1 Å². The minimum absolute atomic E-state index is 0.0285. The Balaban J connectivity index is 2.20. The lowest BCUT2D eigenvalue weighted by Gasteiger charge is -2.27. The summed E-state index contributed by atoms with van der Waals surface area (Å²) in [6, 6.07) is -1.54. The Morgan fingerprint density at radius 3 is 2.64 bits per heavy atom. The molecular formula is C13H20N4O5. The van der Waals surface area contributed by atoms with E-state index in [2.05, 4.69) is 5.32 Å². The molecule has 0 bridgehead atoms. The Morgan fingerprint density at radius 1 is 1.45 bits per heavy atom. The highest BCUT2D eigenvalue weighted by Gasteiger charge is 2.60. The Morgan fingerprint density at radius 2 is 2.14 bits per heavy atom. The molecule has 3 N–H and O–H groups in total. The van der Waals surface area contributed by atoms with Crippen LogP contribution in [0.15, 0.2) is 0 Å². The van der Waals surface area contributed by atoms with Crippen molar-refractivity contribution in [3.63, 3.8) is 0 Å². The van der Waals surface area contributed by atoms with Crippen molar-refractivity contribution in [3.05, 3.63) is 0 Å². The summed E-state index contributed by atoms with van der Waals surface area (Å²) in [5.41, 5.74) is 4.07. The predicted octanol–water partition coefficient (Wildman–Crippen LogP) is -0.597. The summed E-state index contributed by atoms with van der Waals surface area (Å²) in [5.74, 6) is -1.26. The van der Waals surface area contributed by atoms with Crippen LogP contribution in [-0.4, -0.2) is 65.5 Å². The Hall–Kier alpha value is -2.32. The number of likely N-dealkylation sites (N-methyl/N-ethyl adjacent to an activating group) is 1. The molecule has 0 aromatic heterocycles. The summed E-state index contributed by atoms with van der Waals surface area (Å²) in [6.45, 7) is 2.07. The number of nitrogens with one attached hydrogen (secondary N) is 1. The van der Waals surface area contributed by atoms with E-state index in [0.717, 1.165) is 11.3 Å². The Bertz CT molecular complexity index is 523. The van der Waals surface area contributed by atoms with Crippen molar-refractivity contribution in [3.8, 4) is 0 Å². The molecule has 122 valence electrons. The molecule has 0 saturated carbocycles. The van der Waals surface area contributed by atoms with E-state index < -0.39 is 35.5 Å². The second-order valence-electron chi connectivity index (χ2n) is 5.57. The molecule has 1 spiro atoms. The highest BCUT2D eigenvalue weighted by Crippen LogP contribution is 2.35. The van der Waals surface area contributed by atoms with Crippen molar-refractivity contribution in [1.29, 1.82) is 0 Å². The Kier molecular flexibility index (Phi) is 4.25. The highest BCUT2D eigenvalue weighted by atomic mass is 16.6. The molecule has 22 heavy (non-hydrogen) atoms. The van der Waals surface area contributed by atoms with Crippen molar-refractivity contribution in [2.75, 3.05) is 20.2 Å². The lowest BCUT2D eigenvalue weighted by Crippen LogP contribution is -2.50.